The lowest BCUT2D eigenvalue weighted by Crippen LogP contribution is -2.50. The molecule has 0 aliphatic carbocycles. The lowest BCUT2D eigenvalue weighted by molar-refractivity contribution is 0.0716. The van der Waals surface area contributed by atoms with Gasteiger partial charge in [-0.2, -0.15) is 0 Å². The molecule has 4 rings (SSSR count). The zero-order chi connectivity index (χ0) is 20.4. The molecule has 0 radical (unpaired) electrons. The first-order valence-corrected chi connectivity index (χ1v) is 10.3. The van der Waals surface area contributed by atoms with Crippen molar-refractivity contribution in [3.05, 3.63) is 93.2 Å². The van der Waals surface area contributed by atoms with E-state index in [1.54, 1.807) is 24.4 Å². The van der Waals surface area contributed by atoms with Crippen molar-refractivity contribution in [2.75, 3.05) is 24.5 Å². The van der Waals surface area contributed by atoms with Crippen molar-refractivity contribution in [2.24, 2.45) is 0 Å². The molecule has 148 valence electrons. The van der Waals surface area contributed by atoms with E-state index in [2.05, 4.69) is 9.88 Å². The molecule has 1 aliphatic rings. The van der Waals surface area contributed by atoms with Gasteiger partial charge in [0.2, 0.25) is 0 Å². The number of aromatic nitrogens is 1. The third kappa shape index (κ3) is 4.35. The Morgan fingerprint density at radius 1 is 0.931 bits per heavy atom. The fourth-order valence-electron chi connectivity index (χ4n) is 3.59. The van der Waals surface area contributed by atoms with E-state index in [-0.39, 0.29) is 11.9 Å². The number of nitrogens with zero attached hydrogens (tertiary/aromatic N) is 3. The minimum atomic E-state index is -0.0774. The molecule has 2 heterocycles. The number of carbonyl (C=O) groups excluding carboxylic acids is 1. The number of hydrogen-bond acceptors (Lipinski definition) is 3. The van der Waals surface area contributed by atoms with Gasteiger partial charge in [-0.15, -0.1) is 0 Å². The Hall–Kier alpha value is -2.27. The van der Waals surface area contributed by atoms with E-state index in [1.807, 2.05) is 47.4 Å². The van der Waals surface area contributed by atoms with Crippen molar-refractivity contribution in [3.8, 4) is 0 Å². The highest BCUT2D eigenvalue weighted by molar-refractivity contribution is 6.36. The number of halogens is 3. The number of anilines is 1. The van der Waals surface area contributed by atoms with Gasteiger partial charge >= 0.3 is 0 Å². The van der Waals surface area contributed by atoms with Gasteiger partial charge < -0.3 is 9.80 Å². The minimum absolute atomic E-state index is 0.0765. The maximum Gasteiger partial charge on any atom is 0.272 e. The maximum absolute atomic E-state index is 13.0. The SMILES string of the molecule is O=C(c1ccccn1)N1CCN(c2ccc(Cl)cc2Cl)C(c2ccc(Cl)cc2)C1. The fourth-order valence-corrected chi connectivity index (χ4v) is 4.23. The molecule has 0 saturated carbocycles. The van der Waals surface area contributed by atoms with E-state index < -0.39 is 0 Å². The van der Waals surface area contributed by atoms with Crippen LogP contribution in [0.15, 0.2) is 66.9 Å². The number of piperazine rings is 1. The second kappa shape index (κ2) is 8.62. The Labute approximate surface area is 184 Å². The summed E-state index contributed by atoms with van der Waals surface area (Å²) in [5.74, 6) is -0.0774. The first kappa shape index (κ1) is 20.0. The molecule has 1 unspecified atom stereocenters. The van der Waals surface area contributed by atoms with E-state index >= 15 is 0 Å². The minimum Gasteiger partial charge on any atom is -0.360 e. The summed E-state index contributed by atoms with van der Waals surface area (Å²) in [7, 11) is 0. The quantitative estimate of drug-likeness (QED) is 0.514. The van der Waals surface area contributed by atoms with E-state index in [0.29, 0.717) is 40.4 Å². The van der Waals surface area contributed by atoms with Gasteiger partial charge in [0, 0.05) is 35.9 Å². The number of rotatable bonds is 3. The largest absolute Gasteiger partial charge is 0.360 e. The molecule has 4 nitrogen and oxygen atoms in total. The number of amides is 1. The Morgan fingerprint density at radius 2 is 1.69 bits per heavy atom. The predicted molar refractivity (Wildman–Crippen MR) is 118 cm³/mol. The van der Waals surface area contributed by atoms with Crippen LogP contribution in [0.2, 0.25) is 15.1 Å². The van der Waals surface area contributed by atoms with Crippen molar-refractivity contribution in [2.45, 2.75) is 6.04 Å². The highest BCUT2D eigenvalue weighted by Gasteiger charge is 2.32. The van der Waals surface area contributed by atoms with Crippen LogP contribution in [0.25, 0.3) is 0 Å². The van der Waals surface area contributed by atoms with Crippen LogP contribution in [-0.2, 0) is 0 Å². The number of hydrogen-bond donors (Lipinski definition) is 0. The van der Waals surface area contributed by atoms with Gasteiger partial charge in [0.05, 0.1) is 16.8 Å². The Morgan fingerprint density at radius 3 is 2.38 bits per heavy atom. The zero-order valence-corrected chi connectivity index (χ0v) is 17.7. The van der Waals surface area contributed by atoms with Gasteiger partial charge in [-0.1, -0.05) is 53.0 Å². The molecular weight excluding hydrogens is 429 g/mol. The Kier molecular flexibility index (Phi) is 5.95. The summed E-state index contributed by atoms with van der Waals surface area (Å²) in [4.78, 5) is 21.2. The molecule has 1 aliphatic heterocycles. The van der Waals surface area contributed by atoms with Crippen molar-refractivity contribution in [3.63, 3.8) is 0 Å². The third-order valence-corrected chi connectivity index (χ3v) is 5.82. The van der Waals surface area contributed by atoms with E-state index in [4.69, 9.17) is 34.8 Å². The average Bonchev–Trinajstić information content (AvgIpc) is 2.74. The molecule has 0 N–H and O–H groups in total. The maximum atomic E-state index is 13.0. The Bertz CT molecular complexity index is 1010. The van der Waals surface area contributed by atoms with E-state index in [9.17, 15) is 4.79 Å². The monoisotopic (exact) mass is 445 g/mol. The van der Waals surface area contributed by atoms with E-state index in [1.165, 1.54) is 0 Å². The standard InChI is InChI=1S/C22H18Cl3N3O/c23-16-6-4-15(5-7-16)21-14-27(22(29)19-3-1-2-10-26-19)11-12-28(21)20-9-8-17(24)13-18(20)25/h1-10,13,21H,11-12,14H2. The smallest absolute Gasteiger partial charge is 0.272 e. The second-order valence-corrected chi connectivity index (χ2v) is 8.10. The number of carbonyl (C=O) groups is 1. The molecule has 3 aromatic rings. The first-order valence-electron chi connectivity index (χ1n) is 9.20. The lowest BCUT2D eigenvalue weighted by Gasteiger charge is -2.43. The van der Waals surface area contributed by atoms with Crippen molar-refractivity contribution < 1.29 is 4.79 Å². The fraction of sp³-hybridized carbons (Fsp3) is 0.182. The van der Waals surface area contributed by atoms with Gasteiger partial charge in [-0.05, 0) is 48.0 Å². The first-order chi connectivity index (χ1) is 14.0. The molecule has 0 spiro atoms. The molecule has 1 atom stereocenters. The Balaban J connectivity index is 1.68. The highest BCUT2D eigenvalue weighted by atomic mass is 35.5. The molecule has 2 aromatic carbocycles. The van der Waals surface area contributed by atoms with Gasteiger partial charge in [0.1, 0.15) is 5.69 Å². The average molecular weight is 447 g/mol. The van der Waals surface area contributed by atoms with Crippen LogP contribution < -0.4 is 4.90 Å². The topological polar surface area (TPSA) is 36.4 Å². The summed E-state index contributed by atoms with van der Waals surface area (Å²) in [6.07, 6.45) is 1.63. The van der Waals surface area contributed by atoms with Crippen molar-refractivity contribution in [1.29, 1.82) is 0 Å². The second-order valence-electron chi connectivity index (χ2n) is 6.82. The summed E-state index contributed by atoms with van der Waals surface area (Å²) < 4.78 is 0. The van der Waals surface area contributed by atoms with Crippen LogP contribution in [0.1, 0.15) is 22.1 Å². The van der Waals surface area contributed by atoms with Crippen molar-refractivity contribution in [1.82, 2.24) is 9.88 Å². The number of pyridine rings is 1. The summed E-state index contributed by atoms with van der Waals surface area (Å²) in [6, 6.07) is 18.5. The van der Waals surface area contributed by atoms with Gasteiger partial charge in [-0.3, -0.25) is 9.78 Å². The zero-order valence-electron chi connectivity index (χ0n) is 15.4. The van der Waals surface area contributed by atoms with E-state index in [0.717, 1.165) is 11.3 Å². The molecule has 1 saturated heterocycles. The van der Waals surface area contributed by atoms with Crippen LogP contribution in [0, 0.1) is 0 Å². The molecular formula is C22H18Cl3N3O. The molecule has 29 heavy (non-hydrogen) atoms. The molecule has 1 amide bonds. The van der Waals surface area contributed by atoms with Gasteiger partial charge in [-0.25, -0.2) is 0 Å². The summed E-state index contributed by atoms with van der Waals surface area (Å²) >= 11 is 18.7. The third-order valence-electron chi connectivity index (χ3n) is 5.03. The van der Waals surface area contributed by atoms with Crippen LogP contribution in [0.3, 0.4) is 0 Å². The molecule has 1 fully saturated rings. The molecule has 1 aromatic heterocycles. The van der Waals surface area contributed by atoms with Crippen molar-refractivity contribution >= 4 is 46.4 Å². The predicted octanol–water partition coefficient (Wildman–Crippen LogP) is 5.75. The summed E-state index contributed by atoms with van der Waals surface area (Å²) in [6.45, 7) is 1.71. The highest BCUT2D eigenvalue weighted by Crippen LogP contribution is 2.37. The van der Waals surface area contributed by atoms with Gasteiger partial charge in [0.25, 0.3) is 5.91 Å². The lowest BCUT2D eigenvalue weighted by atomic mass is 10.0. The normalized spacial score (nSPS) is 16.7. The number of benzene rings is 2. The van der Waals surface area contributed by atoms with Crippen LogP contribution in [-0.4, -0.2) is 35.4 Å². The molecule has 7 heteroatoms. The summed E-state index contributed by atoms with van der Waals surface area (Å²) in [5.41, 5.74) is 2.39. The van der Waals surface area contributed by atoms with Gasteiger partial charge in [0.15, 0.2) is 0 Å². The van der Waals surface area contributed by atoms with Crippen LogP contribution >= 0.6 is 34.8 Å². The van der Waals surface area contributed by atoms with Crippen LogP contribution in [0.4, 0.5) is 5.69 Å². The molecule has 0 bridgehead atoms. The van der Waals surface area contributed by atoms with Crippen LogP contribution in [0.5, 0.6) is 0 Å². The summed E-state index contributed by atoms with van der Waals surface area (Å²) in [5, 5.41) is 1.84.